The van der Waals surface area contributed by atoms with Crippen molar-refractivity contribution in [2.75, 3.05) is 39.7 Å². The van der Waals surface area contributed by atoms with Gasteiger partial charge in [-0.1, -0.05) is 19.1 Å². The Morgan fingerprint density at radius 2 is 1.55 bits per heavy atom. The number of hydrogen-bond donors (Lipinski definition) is 3. The highest BCUT2D eigenvalue weighted by Gasteiger charge is 2.23. The first-order chi connectivity index (χ1) is 31.4. The number of allylic oxidation sites excluding steroid dienone is 2. The molecule has 0 aliphatic carbocycles. The second-order valence-corrected chi connectivity index (χ2v) is 16.2. The number of methoxy groups -OCH3 is 1. The Balaban J connectivity index is 0.000000637. The van der Waals surface area contributed by atoms with Gasteiger partial charge in [0.1, 0.15) is 28.3 Å². The molecule has 0 bridgehead atoms. The van der Waals surface area contributed by atoms with Gasteiger partial charge in [-0.2, -0.15) is 0 Å². The summed E-state index contributed by atoms with van der Waals surface area (Å²) in [7, 11) is 4.95. The fourth-order valence-electron chi connectivity index (χ4n) is 7.25. The normalized spacial score (nSPS) is 11.5. The van der Waals surface area contributed by atoms with Crippen molar-refractivity contribution in [1.29, 1.82) is 0 Å². The zero-order valence-corrected chi connectivity index (χ0v) is 38.8. The number of anilines is 1. The number of oxazole rings is 2. The van der Waals surface area contributed by atoms with E-state index in [9.17, 15) is 19.2 Å². The third-order valence-corrected chi connectivity index (χ3v) is 10.2. The Hall–Kier alpha value is -7.77. The number of primary amides is 2. The predicted octanol–water partition coefficient (Wildman–Crippen LogP) is 6.70. The molecule has 348 valence electrons. The van der Waals surface area contributed by atoms with Crippen LogP contribution in [0.3, 0.4) is 0 Å². The van der Waals surface area contributed by atoms with Gasteiger partial charge in [-0.15, -0.1) is 0 Å². The zero-order chi connectivity index (χ0) is 48.0. The van der Waals surface area contributed by atoms with Crippen molar-refractivity contribution in [3.05, 3.63) is 82.7 Å². The summed E-state index contributed by atoms with van der Waals surface area (Å²) in [5.41, 5.74) is 15.1. The van der Waals surface area contributed by atoms with Gasteiger partial charge in [-0.05, 0) is 64.8 Å². The smallest absolute Gasteiger partial charge is 0.410 e. The van der Waals surface area contributed by atoms with E-state index >= 15 is 0 Å². The number of imidazole rings is 1. The van der Waals surface area contributed by atoms with E-state index in [0.717, 1.165) is 12.1 Å². The molecule has 0 spiro atoms. The molecule has 0 fully saturated rings. The average molecular weight is 906 g/mol. The third kappa shape index (κ3) is 10.4. The minimum atomic E-state index is -0.619. The summed E-state index contributed by atoms with van der Waals surface area (Å²) in [6.07, 6.45) is 7.14. The molecule has 5 aromatic heterocycles. The molecular weight excluding hydrogens is 851 g/mol. The number of aromatic nitrogens is 7. The number of nitrogens with one attached hydrogen (secondary N) is 1. The molecule has 0 radical (unpaired) electrons. The number of aryl methyl sites for hydroxylation is 4. The molecule has 0 atom stereocenters. The van der Waals surface area contributed by atoms with Crippen LogP contribution in [0.4, 0.5) is 10.7 Å². The molecule has 2 aromatic carbocycles. The van der Waals surface area contributed by atoms with Crippen molar-refractivity contribution >= 4 is 63.1 Å². The highest BCUT2D eigenvalue weighted by molar-refractivity contribution is 6.11. The van der Waals surface area contributed by atoms with E-state index in [1.54, 1.807) is 58.4 Å². The number of fused-ring (bicyclic) bond motifs is 4. The van der Waals surface area contributed by atoms with Gasteiger partial charge in [-0.3, -0.25) is 14.4 Å². The zero-order valence-electron chi connectivity index (χ0n) is 38.8. The number of rotatable bonds is 16. The molecule has 66 heavy (non-hydrogen) atoms. The standard InChI is InChI=1S/C39H46N10O7.C7H9NO2/c1-21-32(55-22(2)44-21)35-43-20-26-25-16-23(33(40)50)18-28(53-8)30(25)48(36(26)46-35)13-9-10-14-49-31-27(45-37(49)42-6)17-24(34(41)51)19-29(31)54-15-11-12-47(7)38(52)56-39(3,4)5;1-3-6-7(4-9)10-5(2)8-6/h9-10,16-20H,11-15H2,1-8H3,(H2,40,50)(H2,41,51)(H,42,45);4H,3H2,1-2H3/b10-9+;. The maximum Gasteiger partial charge on any atom is 0.410 e. The molecule has 0 aliphatic rings. The number of nitrogens with zero attached hydrogens (tertiary/aromatic N) is 8. The maximum absolute atomic E-state index is 12.4. The predicted molar refractivity (Wildman–Crippen MR) is 247 cm³/mol. The highest BCUT2D eigenvalue weighted by Crippen LogP contribution is 2.37. The molecular formula is C46H55N11O9. The molecule has 3 amide bonds. The number of amides is 3. The molecule has 20 nitrogen and oxygen atoms in total. The molecule has 7 rings (SSSR count). The van der Waals surface area contributed by atoms with E-state index in [-0.39, 0.29) is 17.7 Å². The number of carbonyl (C=O) groups is 4. The molecule has 7 aromatic rings. The van der Waals surface area contributed by atoms with Gasteiger partial charge >= 0.3 is 6.09 Å². The van der Waals surface area contributed by atoms with Gasteiger partial charge in [0.15, 0.2) is 35.4 Å². The van der Waals surface area contributed by atoms with Crippen molar-refractivity contribution in [3.63, 3.8) is 0 Å². The van der Waals surface area contributed by atoms with E-state index < -0.39 is 23.5 Å². The third-order valence-electron chi connectivity index (χ3n) is 10.2. The van der Waals surface area contributed by atoms with Crippen molar-refractivity contribution in [2.24, 2.45) is 11.5 Å². The maximum atomic E-state index is 12.4. The van der Waals surface area contributed by atoms with E-state index in [2.05, 4.69) is 20.3 Å². The van der Waals surface area contributed by atoms with Gasteiger partial charge in [0.25, 0.3) is 0 Å². The van der Waals surface area contributed by atoms with E-state index in [0.29, 0.717) is 118 Å². The topological polar surface area (TPSA) is 264 Å². The molecule has 0 aliphatic heterocycles. The number of ether oxygens (including phenoxy) is 3. The molecule has 5 N–H and O–H groups in total. The number of aldehydes is 1. The lowest BCUT2D eigenvalue weighted by Crippen LogP contribution is -2.35. The van der Waals surface area contributed by atoms with Crippen LogP contribution < -0.4 is 26.3 Å². The largest absolute Gasteiger partial charge is 0.495 e. The van der Waals surface area contributed by atoms with E-state index in [4.69, 9.17) is 44.5 Å². The molecule has 0 saturated carbocycles. The highest BCUT2D eigenvalue weighted by atomic mass is 16.6. The Labute approximate surface area is 380 Å². The summed E-state index contributed by atoms with van der Waals surface area (Å²) in [5, 5.41) is 4.52. The lowest BCUT2D eigenvalue weighted by molar-refractivity contribution is 0.0291. The number of nitrogens with two attached hydrogens (primary N) is 2. The Bertz CT molecular complexity index is 2970. The second-order valence-electron chi connectivity index (χ2n) is 16.2. The molecule has 20 heteroatoms. The van der Waals surface area contributed by atoms with Gasteiger partial charge in [-0.25, -0.2) is 29.7 Å². The van der Waals surface area contributed by atoms with Crippen LogP contribution in [-0.2, 0) is 24.2 Å². The quantitative estimate of drug-likeness (QED) is 0.0517. The van der Waals surface area contributed by atoms with Crippen LogP contribution >= 0.6 is 0 Å². The lowest BCUT2D eigenvalue weighted by Gasteiger charge is -2.24. The summed E-state index contributed by atoms with van der Waals surface area (Å²) in [6.45, 7) is 14.0. The van der Waals surface area contributed by atoms with Crippen molar-refractivity contribution < 1.29 is 42.2 Å². The average Bonchev–Trinajstić information content (AvgIpc) is 4.02. The van der Waals surface area contributed by atoms with Gasteiger partial charge in [0.2, 0.25) is 17.8 Å². The first kappa shape index (κ1) is 47.7. The SMILES string of the molecule is CCc1nc(C)oc1C=O.CNc1nc2cc(C(N)=O)cc(OCCCN(C)C(=O)OC(C)(C)C)c2n1C/C=C/Cn1c2nc(-c3oc(C)nc3C)ncc2c2cc(C(N)=O)cc(OC)c21. The molecule has 0 saturated heterocycles. The van der Waals surface area contributed by atoms with Crippen LogP contribution in [0, 0.1) is 20.8 Å². The van der Waals surface area contributed by atoms with Crippen LogP contribution in [0.25, 0.3) is 44.6 Å². The Morgan fingerprint density at radius 3 is 2.14 bits per heavy atom. The fraction of sp³-hybridized carbons (Fsp3) is 0.370. The first-order valence-electron chi connectivity index (χ1n) is 21.1. The first-order valence-corrected chi connectivity index (χ1v) is 21.1. The van der Waals surface area contributed by atoms with E-state index in [1.165, 1.54) is 12.0 Å². The van der Waals surface area contributed by atoms with Crippen LogP contribution in [-0.4, -0.2) is 103 Å². The van der Waals surface area contributed by atoms with Crippen molar-refractivity contribution in [2.45, 2.75) is 80.0 Å². The summed E-state index contributed by atoms with van der Waals surface area (Å²) in [5.74, 6) is 2.41. The summed E-state index contributed by atoms with van der Waals surface area (Å²) >= 11 is 0. The van der Waals surface area contributed by atoms with Gasteiger partial charge < -0.3 is 53.9 Å². The van der Waals surface area contributed by atoms with Crippen LogP contribution in [0.15, 0.2) is 51.4 Å². The lowest BCUT2D eigenvalue weighted by atomic mass is 10.1. The second kappa shape index (κ2) is 20.0. The minimum Gasteiger partial charge on any atom is -0.495 e. The number of carbonyl (C=O) groups excluding carboxylic acids is 4. The fourth-order valence-corrected chi connectivity index (χ4v) is 7.25. The molecule has 5 heterocycles. The summed E-state index contributed by atoms with van der Waals surface area (Å²) in [4.78, 5) is 71.4. The Kier molecular flexibility index (Phi) is 14.4. The van der Waals surface area contributed by atoms with Gasteiger partial charge in [0, 0.05) is 75.7 Å². The molecule has 0 unspecified atom stereocenters. The van der Waals surface area contributed by atoms with E-state index in [1.807, 2.05) is 55.9 Å². The number of hydrogen-bond acceptors (Lipinski definition) is 15. The minimum absolute atomic E-state index is 0.241. The van der Waals surface area contributed by atoms with Crippen LogP contribution in [0.2, 0.25) is 0 Å². The summed E-state index contributed by atoms with van der Waals surface area (Å²) in [6, 6.07) is 6.55. The van der Waals surface area contributed by atoms with Crippen LogP contribution in [0.1, 0.15) is 88.6 Å². The van der Waals surface area contributed by atoms with Crippen molar-refractivity contribution in [3.8, 4) is 23.1 Å². The van der Waals surface area contributed by atoms with Gasteiger partial charge in [0.05, 0.1) is 36.1 Å². The Morgan fingerprint density at radius 1 is 0.879 bits per heavy atom. The monoisotopic (exact) mass is 905 g/mol. The summed E-state index contributed by atoms with van der Waals surface area (Å²) < 4.78 is 32.2. The van der Waals surface area contributed by atoms with Crippen LogP contribution in [0.5, 0.6) is 11.5 Å². The van der Waals surface area contributed by atoms with Crippen molar-refractivity contribution in [1.82, 2.24) is 39.0 Å². The number of benzene rings is 2.